The summed E-state index contributed by atoms with van der Waals surface area (Å²) in [6, 6.07) is 3.99. The van der Waals surface area contributed by atoms with Gasteiger partial charge in [-0.15, -0.1) is 0 Å². The van der Waals surface area contributed by atoms with E-state index < -0.39 is 11.5 Å². The van der Waals surface area contributed by atoms with Crippen molar-refractivity contribution in [1.82, 2.24) is 4.90 Å². The van der Waals surface area contributed by atoms with E-state index in [1.54, 1.807) is 24.8 Å². The van der Waals surface area contributed by atoms with Gasteiger partial charge in [0, 0.05) is 12.2 Å². The number of likely N-dealkylation sites (tertiary alicyclic amines) is 1. The zero-order valence-corrected chi connectivity index (χ0v) is 13.4. The molecule has 1 aliphatic rings. The van der Waals surface area contributed by atoms with Crippen LogP contribution in [0.2, 0.25) is 5.02 Å². The lowest BCUT2D eigenvalue weighted by molar-refractivity contribution is 0.0117. The highest BCUT2D eigenvalue weighted by Gasteiger charge is 2.38. The van der Waals surface area contributed by atoms with Gasteiger partial charge >= 0.3 is 6.03 Å². The molecule has 6 nitrogen and oxygen atoms in total. The third-order valence-corrected chi connectivity index (χ3v) is 4.13. The topological polar surface area (TPSA) is 95.7 Å². The third kappa shape index (κ3) is 3.51. The Morgan fingerprint density at radius 2 is 2.14 bits per heavy atom. The van der Waals surface area contributed by atoms with E-state index in [9.17, 15) is 14.7 Å². The van der Waals surface area contributed by atoms with Crippen LogP contribution in [0.3, 0.4) is 0 Å². The van der Waals surface area contributed by atoms with Crippen LogP contribution in [-0.2, 0) is 0 Å². The molecule has 0 unspecified atom stereocenters. The van der Waals surface area contributed by atoms with Crippen molar-refractivity contribution in [3.8, 4) is 0 Å². The largest absolute Gasteiger partial charge is 0.388 e. The van der Waals surface area contributed by atoms with Gasteiger partial charge in [0.2, 0.25) is 5.91 Å². The molecule has 4 N–H and O–H groups in total. The van der Waals surface area contributed by atoms with Crippen LogP contribution in [0.25, 0.3) is 0 Å². The molecule has 1 fully saturated rings. The number of halogens is 1. The summed E-state index contributed by atoms with van der Waals surface area (Å²) in [7, 11) is 0. The molecule has 1 saturated heterocycles. The highest BCUT2D eigenvalue weighted by Crippen LogP contribution is 2.28. The normalized spacial score (nSPS) is 18.4. The standard InChI is InChI=1S/C15H20ClN3O3/c1-15(2,22)12-4-3-7-19(12)14(21)18-9-5-6-10(13(17)20)11(16)8-9/h5-6,8,12,22H,3-4,7H2,1-2H3,(H2,17,20)(H,18,21)/t12-/m1/s1. The minimum absolute atomic E-state index is 0.186. The van der Waals surface area contributed by atoms with Gasteiger partial charge in [-0.2, -0.15) is 0 Å². The summed E-state index contributed by atoms with van der Waals surface area (Å²) in [6.45, 7) is 3.98. The first-order valence-electron chi connectivity index (χ1n) is 7.09. The molecule has 0 radical (unpaired) electrons. The Morgan fingerprint density at radius 3 is 2.68 bits per heavy atom. The fourth-order valence-electron chi connectivity index (χ4n) is 2.73. The molecule has 1 atom stereocenters. The summed E-state index contributed by atoms with van der Waals surface area (Å²) in [5.74, 6) is -0.621. The van der Waals surface area contributed by atoms with Crippen LogP contribution < -0.4 is 11.1 Å². The number of nitrogens with zero attached hydrogens (tertiary/aromatic N) is 1. The number of carbonyl (C=O) groups excluding carboxylic acids is 2. The minimum Gasteiger partial charge on any atom is -0.388 e. The number of primary amides is 1. The summed E-state index contributed by atoms with van der Waals surface area (Å²) < 4.78 is 0. The lowest BCUT2D eigenvalue weighted by Crippen LogP contribution is -2.49. The monoisotopic (exact) mass is 325 g/mol. The van der Waals surface area contributed by atoms with Gasteiger partial charge < -0.3 is 21.1 Å². The van der Waals surface area contributed by atoms with Crippen LogP contribution in [0.4, 0.5) is 10.5 Å². The Morgan fingerprint density at radius 1 is 1.45 bits per heavy atom. The Kier molecular flexibility index (Phi) is 4.63. The molecule has 22 heavy (non-hydrogen) atoms. The number of nitrogens with two attached hydrogens (primary N) is 1. The third-order valence-electron chi connectivity index (χ3n) is 3.81. The van der Waals surface area contributed by atoms with E-state index in [1.807, 2.05) is 0 Å². The number of rotatable bonds is 3. The van der Waals surface area contributed by atoms with Gasteiger partial charge in [-0.05, 0) is 44.9 Å². The number of urea groups is 1. The maximum Gasteiger partial charge on any atom is 0.322 e. The van der Waals surface area contributed by atoms with E-state index in [2.05, 4.69) is 5.32 Å². The number of hydrogen-bond acceptors (Lipinski definition) is 3. The van der Waals surface area contributed by atoms with Crippen LogP contribution in [0.5, 0.6) is 0 Å². The van der Waals surface area contributed by atoms with Gasteiger partial charge in [-0.3, -0.25) is 4.79 Å². The molecular formula is C15H20ClN3O3. The molecular weight excluding hydrogens is 306 g/mol. The number of hydrogen-bond donors (Lipinski definition) is 3. The molecule has 0 spiro atoms. The number of anilines is 1. The minimum atomic E-state index is -0.957. The summed E-state index contributed by atoms with van der Waals surface area (Å²) >= 11 is 5.96. The van der Waals surface area contributed by atoms with Crippen molar-refractivity contribution in [2.75, 3.05) is 11.9 Å². The molecule has 1 heterocycles. The lowest BCUT2D eigenvalue weighted by Gasteiger charge is -2.33. The van der Waals surface area contributed by atoms with Crippen LogP contribution in [0.1, 0.15) is 37.0 Å². The molecule has 3 amide bonds. The Balaban J connectivity index is 2.12. The van der Waals surface area contributed by atoms with Crippen molar-refractivity contribution >= 4 is 29.2 Å². The molecule has 1 aromatic rings. The average molecular weight is 326 g/mol. The van der Waals surface area contributed by atoms with E-state index in [1.165, 1.54) is 12.1 Å². The van der Waals surface area contributed by atoms with Crippen molar-refractivity contribution in [2.45, 2.75) is 38.3 Å². The second kappa shape index (κ2) is 6.14. The number of carbonyl (C=O) groups is 2. The number of aliphatic hydroxyl groups is 1. The van der Waals surface area contributed by atoms with Gasteiger partial charge in [0.1, 0.15) is 0 Å². The maximum atomic E-state index is 12.4. The van der Waals surface area contributed by atoms with E-state index >= 15 is 0 Å². The first kappa shape index (κ1) is 16.6. The first-order chi connectivity index (χ1) is 10.2. The smallest absolute Gasteiger partial charge is 0.322 e. The predicted octanol–water partition coefficient (Wildman–Crippen LogP) is 2.21. The Hall–Kier alpha value is -1.79. The van der Waals surface area contributed by atoms with Crippen LogP contribution in [0, 0.1) is 0 Å². The second-order valence-electron chi connectivity index (χ2n) is 5.99. The molecule has 2 rings (SSSR count). The van der Waals surface area contributed by atoms with Crippen LogP contribution in [0.15, 0.2) is 18.2 Å². The Bertz CT molecular complexity index is 598. The van der Waals surface area contributed by atoms with E-state index in [0.717, 1.165) is 12.8 Å². The summed E-state index contributed by atoms with van der Waals surface area (Å²) in [5, 5.41) is 13.1. The van der Waals surface area contributed by atoms with Crippen LogP contribution >= 0.6 is 11.6 Å². The molecule has 7 heteroatoms. The van der Waals surface area contributed by atoms with Gasteiger partial charge in [0.05, 0.1) is 22.2 Å². The van der Waals surface area contributed by atoms with Gasteiger partial charge in [0.15, 0.2) is 0 Å². The highest BCUT2D eigenvalue weighted by atomic mass is 35.5. The molecule has 0 bridgehead atoms. The zero-order chi connectivity index (χ0) is 16.5. The summed E-state index contributed by atoms with van der Waals surface area (Å²) in [6.07, 6.45) is 1.61. The van der Waals surface area contributed by atoms with E-state index in [4.69, 9.17) is 17.3 Å². The average Bonchev–Trinajstić information content (AvgIpc) is 2.87. The fourth-order valence-corrected chi connectivity index (χ4v) is 3.01. The SMILES string of the molecule is CC(C)(O)[C@H]1CCCN1C(=O)Nc1ccc(C(N)=O)c(Cl)c1. The quantitative estimate of drug-likeness (QED) is 0.795. The fraction of sp³-hybridized carbons (Fsp3) is 0.467. The van der Waals surface area contributed by atoms with Crippen molar-refractivity contribution in [3.05, 3.63) is 28.8 Å². The van der Waals surface area contributed by atoms with Crippen molar-refractivity contribution in [2.24, 2.45) is 5.73 Å². The molecule has 0 saturated carbocycles. The van der Waals surface area contributed by atoms with Gasteiger partial charge in [0.25, 0.3) is 0 Å². The van der Waals surface area contributed by atoms with Gasteiger partial charge in [-0.25, -0.2) is 4.79 Å². The maximum absolute atomic E-state index is 12.4. The first-order valence-corrected chi connectivity index (χ1v) is 7.47. The summed E-state index contributed by atoms with van der Waals surface area (Å²) in [4.78, 5) is 25.1. The number of benzene rings is 1. The number of nitrogens with one attached hydrogen (secondary N) is 1. The molecule has 0 aromatic heterocycles. The van der Waals surface area contributed by atoms with Crippen molar-refractivity contribution < 1.29 is 14.7 Å². The lowest BCUT2D eigenvalue weighted by atomic mass is 9.97. The van der Waals surface area contributed by atoms with Crippen molar-refractivity contribution in [3.63, 3.8) is 0 Å². The van der Waals surface area contributed by atoms with E-state index in [0.29, 0.717) is 12.2 Å². The number of amides is 3. The molecule has 0 aliphatic carbocycles. The second-order valence-corrected chi connectivity index (χ2v) is 6.40. The van der Waals surface area contributed by atoms with Crippen molar-refractivity contribution in [1.29, 1.82) is 0 Å². The Labute approximate surface area is 134 Å². The van der Waals surface area contributed by atoms with Gasteiger partial charge in [-0.1, -0.05) is 11.6 Å². The molecule has 1 aliphatic heterocycles. The predicted molar refractivity (Wildman–Crippen MR) is 85.0 cm³/mol. The van der Waals surface area contributed by atoms with Crippen LogP contribution in [-0.4, -0.2) is 40.1 Å². The molecule has 120 valence electrons. The zero-order valence-electron chi connectivity index (χ0n) is 12.6. The molecule has 1 aromatic carbocycles. The van der Waals surface area contributed by atoms with E-state index in [-0.39, 0.29) is 22.7 Å². The highest BCUT2D eigenvalue weighted by molar-refractivity contribution is 6.34. The summed E-state index contributed by atoms with van der Waals surface area (Å²) in [5.41, 5.74) is 4.91.